The van der Waals surface area contributed by atoms with E-state index >= 15 is 0 Å². The number of carbonyl (C=O) groups is 1. The van der Waals surface area contributed by atoms with Gasteiger partial charge in [-0.25, -0.2) is 4.98 Å². The molecule has 0 aliphatic carbocycles. The average Bonchev–Trinajstić information content (AvgIpc) is 3.13. The highest BCUT2D eigenvalue weighted by molar-refractivity contribution is 6.36. The zero-order chi connectivity index (χ0) is 28.7. The van der Waals surface area contributed by atoms with E-state index in [4.69, 9.17) is 34.8 Å². The second kappa shape index (κ2) is 11.2. The van der Waals surface area contributed by atoms with Crippen LogP contribution in [0, 0.1) is 5.92 Å². The molecule has 1 aliphatic rings. The van der Waals surface area contributed by atoms with E-state index < -0.39 is 30.6 Å². The maximum Gasteiger partial charge on any atom is 0.397 e. The number of alkyl halides is 6. The van der Waals surface area contributed by atoms with Crippen molar-refractivity contribution >= 4 is 57.4 Å². The van der Waals surface area contributed by atoms with E-state index in [1.807, 2.05) is 0 Å². The number of aromatic nitrogens is 2. The summed E-state index contributed by atoms with van der Waals surface area (Å²) in [6, 6.07) is 6.35. The number of nitrogens with zero attached hydrogens (tertiary/aromatic N) is 3. The van der Waals surface area contributed by atoms with Crippen LogP contribution in [0.1, 0.15) is 36.2 Å². The van der Waals surface area contributed by atoms with Crippen LogP contribution in [-0.2, 0) is 24.8 Å². The molecule has 1 aromatic heterocycles. The van der Waals surface area contributed by atoms with E-state index in [-0.39, 0.29) is 36.0 Å². The maximum absolute atomic E-state index is 13.3. The normalized spacial score (nSPS) is 16.7. The van der Waals surface area contributed by atoms with Gasteiger partial charge in [0.2, 0.25) is 5.91 Å². The third kappa shape index (κ3) is 6.86. The Kier molecular flexibility index (Phi) is 8.54. The van der Waals surface area contributed by atoms with Gasteiger partial charge >= 0.3 is 12.4 Å². The predicted octanol–water partition coefficient (Wildman–Crippen LogP) is 7.47. The summed E-state index contributed by atoms with van der Waals surface area (Å²) in [6.45, 7) is 0.0329. The standard InChI is InChI=1S/C25H23Cl3F6N4O/c1-37-20-9-19(38-6-2-3-14(12-38)25(32,33)34)17(27)8-18(20)36-21(37)7-15-16(26)5-4-13(23(15)28)11-35-22(39)10-24(29,30)31/h4-5,8-9,14H,2-3,6-7,10-12H2,1H3,(H,35,39). The molecule has 2 heterocycles. The van der Waals surface area contributed by atoms with Crippen molar-refractivity contribution in [3.05, 3.63) is 56.3 Å². The molecule has 5 nitrogen and oxygen atoms in total. The molecule has 1 amide bonds. The first kappa shape index (κ1) is 29.6. The lowest BCUT2D eigenvalue weighted by Crippen LogP contribution is -2.41. The largest absolute Gasteiger partial charge is 0.397 e. The van der Waals surface area contributed by atoms with Crippen LogP contribution < -0.4 is 10.2 Å². The summed E-state index contributed by atoms with van der Waals surface area (Å²) in [5.74, 6) is -2.10. The minimum Gasteiger partial charge on any atom is -0.370 e. The first-order valence-electron chi connectivity index (χ1n) is 11.9. The van der Waals surface area contributed by atoms with Crippen LogP contribution in [0.15, 0.2) is 24.3 Å². The SMILES string of the molecule is Cn1c(Cc2c(Cl)ccc(CNC(=O)CC(F)(F)F)c2Cl)nc2cc(Cl)c(N3CCCC(C(F)(F)F)C3)cc21. The maximum atomic E-state index is 13.3. The van der Waals surface area contributed by atoms with Crippen molar-refractivity contribution in [1.29, 1.82) is 0 Å². The first-order chi connectivity index (χ1) is 18.1. The van der Waals surface area contributed by atoms with Crippen molar-refractivity contribution in [1.82, 2.24) is 14.9 Å². The average molecular weight is 616 g/mol. The van der Waals surface area contributed by atoms with Crippen molar-refractivity contribution in [2.45, 2.75) is 44.6 Å². The molecule has 212 valence electrons. The molecule has 14 heteroatoms. The second-order valence-corrected chi connectivity index (χ2v) is 10.6. The summed E-state index contributed by atoms with van der Waals surface area (Å²) in [7, 11) is 1.74. The second-order valence-electron chi connectivity index (χ2n) is 9.45. The van der Waals surface area contributed by atoms with Gasteiger partial charge in [0.15, 0.2) is 0 Å². The summed E-state index contributed by atoms with van der Waals surface area (Å²) >= 11 is 19.4. The van der Waals surface area contributed by atoms with Crippen LogP contribution in [0.4, 0.5) is 32.0 Å². The van der Waals surface area contributed by atoms with Gasteiger partial charge in [-0.2, -0.15) is 26.3 Å². The quantitative estimate of drug-likeness (QED) is 0.293. The topological polar surface area (TPSA) is 50.2 Å². The molecule has 0 bridgehead atoms. The Labute approximate surface area is 235 Å². The molecule has 1 aliphatic heterocycles. The third-order valence-corrected chi connectivity index (χ3v) is 7.83. The Morgan fingerprint density at radius 1 is 1.10 bits per heavy atom. The van der Waals surface area contributed by atoms with E-state index in [1.165, 1.54) is 12.1 Å². The molecular weight excluding hydrogens is 593 g/mol. The number of rotatable bonds is 6. The van der Waals surface area contributed by atoms with Gasteiger partial charge in [0.05, 0.1) is 32.7 Å². The van der Waals surface area contributed by atoms with Crippen molar-refractivity contribution in [3.63, 3.8) is 0 Å². The highest BCUT2D eigenvalue weighted by Gasteiger charge is 2.42. The molecule has 4 rings (SSSR count). The zero-order valence-electron chi connectivity index (χ0n) is 20.5. The lowest BCUT2D eigenvalue weighted by atomic mass is 9.97. The zero-order valence-corrected chi connectivity index (χ0v) is 22.8. The number of halogens is 9. The third-order valence-electron chi connectivity index (χ3n) is 6.70. The fraction of sp³-hybridized carbons (Fsp3) is 0.440. The molecule has 3 aromatic rings. The summed E-state index contributed by atoms with van der Waals surface area (Å²) in [6.07, 6.45) is -9.93. The van der Waals surface area contributed by atoms with Gasteiger partial charge in [0, 0.05) is 38.1 Å². The summed E-state index contributed by atoms with van der Waals surface area (Å²) in [4.78, 5) is 17.8. The molecule has 2 aromatic carbocycles. The molecule has 1 fully saturated rings. The number of hydrogen-bond acceptors (Lipinski definition) is 3. The summed E-state index contributed by atoms with van der Waals surface area (Å²) in [5, 5.41) is 2.95. The Morgan fingerprint density at radius 2 is 1.82 bits per heavy atom. The van der Waals surface area contributed by atoms with Gasteiger partial charge in [-0.3, -0.25) is 4.79 Å². The fourth-order valence-electron chi connectivity index (χ4n) is 4.66. The highest BCUT2D eigenvalue weighted by atomic mass is 35.5. The number of imidazole rings is 1. The van der Waals surface area contributed by atoms with Gasteiger partial charge in [-0.1, -0.05) is 40.9 Å². The molecular formula is C25H23Cl3F6N4O. The lowest BCUT2D eigenvalue weighted by molar-refractivity contribution is -0.176. The van der Waals surface area contributed by atoms with Crippen LogP contribution in [0.5, 0.6) is 0 Å². The molecule has 0 radical (unpaired) electrons. The van der Waals surface area contributed by atoms with E-state index in [0.717, 1.165) is 0 Å². The fourth-order valence-corrected chi connectivity index (χ4v) is 5.50. The van der Waals surface area contributed by atoms with Crippen LogP contribution in [0.3, 0.4) is 0 Å². The minimum atomic E-state index is -4.63. The molecule has 1 atom stereocenters. The molecule has 1 N–H and O–H groups in total. The Hall–Kier alpha value is -2.37. The number of hydrogen-bond donors (Lipinski definition) is 1. The van der Waals surface area contributed by atoms with E-state index in [9.17, 15) is 31.1 Å². The van der Waals surface area contributed by atoms with E-state index in [0.29, 0.717) is 51.7 Å². The number of anilines is 1. The van der Waals surface area contributed by atoms with Crippen LogP contribution in [-0.4, -0.2) is 40.9 Å². The molecule has 0 saturated carbocycles. The summed E-state index contributed by atoms with van der Waals surface area (Å²) in [5.41, 5.74) is 2.48. The van der Waals surface area contributed by atoms with Crippen LogP contribution >= 0.6 is 34.8 Å². The number of carbonyl (C=O) groups excluding carboxylic acids is 1. The van der Waals surface area contributed by atoms with Crippen LogP contribution in [0.25, 0.3) is 11.0 Å². The number of nitrogens with one attached hydrogen (secondary N) is 1. The lowest BCUT2D eigenvalue weighted by Gasteiger charge is -2.35. The Balaban J connectivity index is 1.59. The monoisotopic (exact) mass is 614 g/mol. The van der Waals surface area contributed by atoms with E-state index in [1.54, 1.807) is 28.6 Å². The van der Waals surface area contributed by atoms with Crippen molar-refractivity contribution < 1.29 is 31.1 Å². The predicted molar refractivity (Wildman–Crippen MR) is 139 cm³/mol. The number of aryl methyl sites for hydroxylation is 1. The molecule has 0 spiro atoms. The number of benzene rings is 2. The Morgan fingerprint density at radius 3 is 2.49 bits per heavy atom. The number of fused-ring (bicyclic) bond motifs is 1. The van der Waals surface area contributed by atoms with Gasteiger partial charge in [0.1, 0.15) is 12.2 Å². The Bertz CT molecular complexity index is 1390. The van der Waals surface area contributed by atoms with Crippen molar-refractivity contribution in [2.75, 3.05) is 18.0 Å². The van der Waals surface area contributed by atoms with Gasteiger partial charge < -0.3 is 14.8 Å². The van der Waals surface area contributed by atoms with E-state index in [2.05, 4.69) is 10.3 Å². The minimum absolute atomic E-state index is 0.0717. The van der Waals surface area contributed by atoms with Crippen molar-refractivity contribution in [2.24, 2.45) is 13.0 Å². The van der Waals surface area contributed by atoms with Gasteiger partial charge in [0.25, 0.3) is 0 Å². The van der Waals surface area contributed by atoms with Gasteiger partial charge in [-0.15, -0.1) is 0 Å². The molecule has 1 saturated heterocycles. The number of piperidine rings is 1. The molecule has 39 heavy (non-hydrogen) atoms. The van der Waals surface area contributed by atoms with Gasteiger partial charge in [-0.05, 0) is 42.2 Å². The molecule has 1 unspecified atom stereocenters. The highest BCUT2D eigenvalue weighted by Crippen LogP contribution is 2.39. The number of amides is 1. The first-order valence-corrected chi connectivity index (χ1v) is 13.0. The summed E-state index contributed by atoms with van der Waals surface area (Å²) < 4.78 is 79.1. The van der Waals surface area contributed by atoms with Crippen molar-refractivity contribution in [3.8, 4) is 0 Å². The van der Waals surface area contributed by atoms with Crippen LogP contribution in [0.2, 0.25) is 15.1 Å². The smallest absolute Gasteiger partial charge is 0.370 e.